The van der Waals surface area contributed by atoms with Gasteiger partial charge in [-0.1, -0.05) is 48.4 Å². The van der Waals surface area contributed by atoms with Crippen LogP contribution in [0.5, 0.6) is 0 Å². The number of hydrogen-bond donors (Lipinski definition) is 1. The van der Waals surface area contributed by atoms with E-state index in [2.05, 4.69) is 24.3 Å². The van der Waals surface area contributed by atoms with Crippen LogP contribution in [-0.2, 0) is 28.7 Å². The van der Waals surface area contributed by atoms with Crippen LogP contribution >= 0.6 is 0 Å². The lowest BCUT2D eigenvalue weighted by Crippen LogP contribution is -2.49. The minimum absolute atomic E-state index is 0.0316. The van der Waals surface area contributed by atoms with Crippen molar-refractivity contribution in [2.45, 2.75) is 94.9 Å². The maximum absolute atomic E-state index is 12.5. The van der Waals surface area contributed by atoms with Crippen LogP contribution in [0.4, 0.5) is 0 Å². The van der Waals surface area contributed by atoms with Gasteiger partial charge >= 0.3 is 5.97 Å². The number of hydroxylamine groups is 2. The Labute approximate surface area is 182 Å². The molecule has 0 aromatic heterocycles. The highest BCUT2D eigenvalue weighted by molar-refractivity contribution is 5.75. The Morgan fingerprint density at radius 3 is 2.71 bits per heavy atom. The minimum Gasteiger partial charge on any atom is -0.461 e. The number of aliphatic hydroxyl groups is 1. The van der Waals surface area contributed by atoms with E-state index in [0.29, 0.717) is 12.3 Å². The van der Waals surface area contributed by atoms with Gasteiger partial charge in [0.05, 0.1) is 24.2 Å². The summed E-state index contributed by atoms with van der Waals surface area (Å²) in [4.78, 5) is 24.3. The summed E-state index contributed by atoms with van der Waals surface area (Å²) in [5.41, 5.74) is 1.28. The van der Waals surface area contributed by atoms with Crippen LogP contribution in [0.25, 0.3) is 0 Å². The lowest BCUT2D eigenvalue weighted by molar-refractivity contribution is -0.449. The first-order valence-electron chi connectivity index (χ1n) is 11.4. The van der Waals surface area contributed by atoms with Gasteiger partial charge < -0.3 is 19.3 Å². The molecule has 3 aliphatic heterocycles. The zero-order valence-electron chi connectivity index (χ0n) is 18.0. The molecule has 170 valence electrons. The Hall–Kier alpha value is -1.55. The number of carbonyl (C=O) groups excluding carboxylic acids is 1. The molecule has 1 aliphatic carbocycles. The monoisotopic (exact) mass is 433 g/mol. The van der Waals surface area contributed by atoms with E-state index in [9.17, 15) is 9.90 Å². The van der Waals surface area contributed by atoms with Gasteiger partial charge in [-0.05, 0) is 32.3 Å². The van der Waals surface area contributed by atoms with Crippen molar-refractivity contribution in [3.8, 4) is 0 Å². The number of rotatable bonds is 5. The number of ether oxygens (including phenoxy) is 3. The van der Waals surface area contributed by atoms with Crippen LogP contribution in [-0.4, -0.2) is 59.3 Å². The molecule has 8 heteroatoms. The fourth-order valence-electron chi connectivity index (χ4n) is 5.38. The summed E-state index contributed by atoms with van der Waals surface area (Å²) in [5.74, 6) is -0.758. The first-order valence-corrected chi connectivity index (χ1v) is 11.4. The third kappa shape index (κ3) is 4.13. The Balaban J connectivity index is 1.29. The second-order valence-corrected chi connectivity index (χ2v) is 9.18. The maximum atomic E-state index is 12.5. The molecule has 0 amide bonds. The smallest absolute Gasteiger partial charge is 0.338 e. The van der Waals surface area contributed by atoms with Crippen molar-refractivity contribution < 1.29 is 33.8 Å². The van der Waals surface area contributed by atoms with Crippen molar-refractivity contribution in [3.63, 3.8) is 0 Å². The van der Waals surface area contributed by atoms with Crippen LogP contribution in [0.3, 0.4) is 0 Å². The molecule has 1 unspecified atom stereocenters. The van der Waals surface area contributed by atoms with E-state index < -0.39 is 30.6 Å². The molecule has 3 saturated heterocycles. The summed E-state index contributed by atoms with van der Waals surface area (Å²) in [6, 6.07) is 10.1. The number of carbonyl (C=O) groups is 1. The number of esters is 1. The molecule has 31 heavy (non-hydrogen) atoms. The molecule has 5 rings (SSSR count). The van der Waals surface area contributed by atoms with Gasteiger partial charge in [0.2, 0.25) is 0 Å². The van der Waals surface area contributed by atoms with Gasteiger partial charge in [-0.3, -0.25) is 4.84 Å². The van der Waals surface area contributed by atoms with E-state index in [1.807, 2.05) is 6.07 Å². The van der Waals surface area contributed by atoms with Crippen LogP contribution in [0, 0.1) is 5.92 Å². The van der Waals surface area contributed by atoms with Crippen molar-refractivity contribution in [2.75, 3.05) is 0 Å². The van der Waals surface area contributed by atoms with Crippen molar-refractivity contribution in [1.82, 2.24) is 5.23 Å². The van der Waals surface area contributed by atoms with Gasteiger partial charge in [0.25, 0.3) is 0 Å². The van der Waals surface area contributed by atoms with Crippen molar-refractivity contribution in [3.05, 3.63) is 35.9 Å². The largest absolute Gasteiger partial charge is 0.461 e. The molecule has 0 bridgehead atoms. The summed E-state index contributed by atoms with van der Waals surface area (Å²) in [6.45, 7) is 3.55. The predicted octanol–water partition coefficient (Wildman–Crippen LogP) is 2.66. The van der Waals surface area contributed by atoms with Crippen molar-refractivity contribution in [2.24, 2.45) is 5.92 Å². The molecule has 0 spiro atoms. The number of hydrogen-bond acceptors (Lipinski definition) is 8. The summed E-state index contributed by atoms with van der Waals surface area (Å²) < 4.78 is 17.5. The predicted molar refractivity (Wildman–Crippen MR) is 108 cm³/mol. The summed E-state index contributed by atoms with van der Waals surface area (Å²) >= 11 is 0. The van der Waals surface area contributed by atoms with Crippen molar-refractivity contribution >= 4 is 5.97 Å². The molecular formula is C23H31NO7. The average Bonchev–Trinajstić information content (AvgIpc) is 3.30. The van der Waals surface area contributed by atoms with E-state index in [0.717, 1.165) is 19.3 Å². The molecular weight excluding hydrogens is 402 g/mol. The molecule has 4 fully saturated rings. The summed E-state index contributed by atoms with van der Waals surface area (Å²) in [5, 5.41) is 11.8. The molecule has 8 nitrogen and oxygen atoms in total. The quantitative estimate of drug-likeness (QED) is 0.710. The van der Waals surface area contributed by atoms with E-state index in [1.54, 1.807) is 13.8 Å². The maximum Gasteiger partial charge on any atom is 0.338 e. The molecule has 8 atom stereocenters. The Morgan fingerprint density at radius 2 is 1.94 bits per heavy atom. The summed E-state index contributed by atoms with van der Waals surface area (Å²) in [6.07, 6.45) is 1.59. The van der Waals surface area contributed by atoms with Gasteiger partial charge in [-0.15, -0.1) is 0 Å². The van der Waals surface area contributed by atoms with E-state index >= 15 is 0 Å². The van der Waals surface area contributed by atoms with E-state index in [1.165, 1.54) is 17.2 Å². The minimum atomic E-state index is -1.11. The second-order valence-electron chi connectivity index (χ2n) is 9.18. The third-order valence-corrected chi connectivity index (χ3v) is 6.72. The highest BCUT2D eigenvalue weighted by atomic mass is 17.0. The van der Waals surface area contributed by atoms with Gasteiger partial charge in [0, 0.05) is 12.3 Å². The molecule has 1 saturated carbocycles. The fraction of sp³-hybridized carbons (Fsp3) is 0.696. The van der Waals surface area contributed by atoms with E-state index in [4.69, 9.17) is 23.9 Å². The van der Waals surface area contributed by atoms with Gasteiger partial charge in [-0.25, -0.2) is 9.63 Å². The average molecular weight is 434 g/mol. The molecule has 1 aromatic rings. The molecule has 1 aromatic carbocycles. The highest BCUT2D eigenvalue weighted by Crippen LogP contribution is 2.46. The zero-order chi connectivity index (χ0) is 21.5. The topological polar surface area (TPSA) is 86.7 Å². The number of benzene rings is 1. The van der Waals surface area contributed by atoms with Crippen LogP contribution < -0.4 is 0 Å². The van der Waals surface area contributed by atoms with Crippen molar-refractivity contribution in [1.29, 1.82) is 0 Å². The third-order valence-electron chi connectivity index (χ3n) is 6.72. The first-order chi connectivity index (χ1) is 15.0. The van der Waals surface area contributed by atoms with Crippen LogP contribution in [0.15, 0.2) is 30.3 Å². The van der Waals surface area contributed by atoms with Gasteiger partial charge in [0.1, 0.15) is 6.04 Å². The zero-order valence-corrected chi connectivity index (χ0v) is 18.0. The molecule has 0 radical (unpaired) electrons. The molecule has 1 N–H and O–H groups in total. The Kier molecular flexibility index (Phi) is 6.02. The standard InChI is InChI=1S/C23H31NO7/c1-13(2)27-23(26)21-19-20-17(29-22(19)25)12-18(30-24(20)31-21)28-16-11-7-6-10-15(16)14-8-4-3-5-9-14/h3-5,8-9,13,15-22,25H,6-7,10-12H2,1-2H3/t15-,16+,17-,18+,19-,20-,21-,22?/m1/s1. The van der Waals surface area contributed by atoms with E-state index in [-0.39, 0.29) is 24.4 Å². The Bertz CT molecular complexity index is 774. The SMILES string of the molecule is CC(C)OC(=O)[C@@H]1ON2O[C@H](O[C@H]3CCCC[C@@H]3c3ccccc3)C[C@H]3OC(O)[C@@H]1[C@@H]32. The Morgan fingerprint density at radius 1 is 1.16 bits per heavy atom. The lowest BCUT2D eigenvalue weighted by Gasteiger charge is -2.39. The van der Waals surface area contributed by atoms with Crippen LogP contribution in [0.2, 0.25) is 0 Å². The number of aliphatic hydroxyl groups excluding tert-OH is 1. The summed E-state index contributed by atoms with van der Waals surface area (Å²) in [7, 11) is 0. The molecule has 4 aliphatic rings. The fourth-order valence-corrected chi connectivity index (χ4v) is 5.38. The second kappa shape index (κ2) is 8.77. The normalized spacial score (nSPS) is 40.1. The first kappa shape index (κ1) is 21.3. The molecule has 3 heterocycles. The van der Waals surface area contributed by atoms with Crippen LogP contribution in [0.1, 0.15) is 57.4 Å². The number of nitrogens with zero attached hydrogens (tertiary/aromatic N) is 1. The lowest BCUT2D eigenvalue weighted by atomic mass is 9.81. The van der Waals surface area contributed by atoms with Gasteiger partial charge in [0.15, 0.2) is 18.7 Å². The highest BCUT2D eigenvalue weighted by Gasteiger charge is 2.63. The van der Waals surface area contributed by atoms with Gasteiger partial charge in [-0.2, -0.15) is 0 Å².